The summed E-state index contributed by atoms with van der Waals surface area (Å²) in [4.78, 5) is 0. The summed E-state index contributed by atoms with van der Waals surface area (Å²) in [5, 5.41) is 10.7. The maximum Gasteiger partial charge on any atom is 0.127 e. The van der Waals surface area contributed by atoms with Gasteiger partial charge in [-0.25, -0.2) is 4.39 Å². The normalized spacial score (nSPS) is 15.2. The molecule has 90 valence electrons. The van der Waals surface area contributed by atoms with Crippen LogP contribution in [0, 0.1) is 11.7 Å². The first-order chi connectivity index (χ1) is 7.39. The molecule has 0 heterocycles. The van der Waals surface area contributed by atoms with E-state index in [9.17, 15) is 9.50 Å². The lowest BCUT2D eigenvalue weighted by atomic mass is 9.82. The van der Waals surface area contributed by atoms with Crippen LogP contribution in [0.5, 0.6) is 0 Å². The van der Waals surface area contributed by atoms with Gasteiger partial charge in [0.1, 0.15) is 5.82 Å². The number of hydrogen-bond acceptors (Lipinski definition) is 1. The predicted octanol–water partition coefficient (Wildman–Crippen LogP) is 3.82. The van der Waals surface area contributed by atoms with Gasteiger partial charge in [-0.3, -0.25) is 0 Å². The van der Waals surface area contributed by atoms with Crippen LogP contribution in [0.4, 0.5) is 4.39 Å². The van der Waals surface area contributed by atoms with Crippen molar-refractivity contribution in [2.75, 3.05) is 0 Å². The number of hydrogen-bond donors (Lipinski definition) is 1. The lowest BCUT2D eigenvalue weighted by Gasteiger charge is -2.31. The third-order valence-electron chi connectivity index (χ3n) is 3.20. The Bertz CT molecular complexity index is 365. The van der Waals surface area contributed by atoms with E-state index in [1.807, 2.05) is 20.8 Å². The Balaban J connectivity index is 2.95. The third kappa shape index (κ3) is 2.96. The van der Waals surface area contributed by atoms with Gasteiger partial charge in [0.25, 0.3) is 0 Å². The summed E-state index contributed by atoms with van der Waals surface area (Å²) < 4.78 is 13.6. The zero-order valence-corrected chi connectivity index (χ0v) is 10.7. The first kappa shape index (κ1) is 13.5. The Morgan fingerprint density at radius 3 is 2.50 bits per heavy atom. The Morgan fingerprint density at radius 1 is 1.44 bits per heavy atom. The second kappa shape index (κ2) is 5.15. The molecule has 0 fully saturated rings. The molecule has 0 aromatic heterocycles. The maximum absolute atomic E-state index is 13.6. The molecule has 3 heteroatoms. The van der Waals surface area contributed by atoms with Gasteiger partial charge in [0.2, 0.25) is 0 Å². The minimum absolute atomic E-state index is 0.0904. The quantitative estimate of drug-likeness (QED) is 0.854. The molecule has 1 aromatic rings. The van der Waals surface area contributed by atoms with Gasteiger partial charge in [-0.2, -0.15) is 0 Å². The van der Waals surface area contributed by atoms with Crippen molar-refractivity contribution in [3.8, 4) is 0 Å². The van der Waals surface area contributed by atoms with E-state index in [0.717, 1.165) is 0 Å². The molecule has 1 atom stereocenters. The van der Waals surface area contributed by atoms with Crippen molar-refractivity contribution in [2.24, 2.45) is 5.92 Å². The largest absolute Gasteiger partial charge is 0.389 e. The summed E-state index contributed by atoms with van der Waals surface area (Å²) in [7, 11) is 0. The summed E-state index contributed by atoms with van der Waals surface area (Å²) in [6, 6.07) is 4.57. The van der Waals surface area contributed by atoms with Crippen LogP contribution in [-0.2, 0) is 6.42 Å². The van der Waals surface area contributed by atoms with E-state index >= 15 is 0 Å². The SMILES string of the molecule is CCC(O)(Cc1ccc(Cl)cc1F)C(C)C. The van der Waals surface area contributed by atoms with E-state index in [4.69, 9.17) is 11.6 Å². The second-order valence-electron chi connectivity index (χ2n) is 4.52. The molecule has 0 saturated carbocycles. The summed E-state index contributed by atoms with van der Waals surface area (Å²) in [6.07, 6.45) is 0.927. The van der Waals surface area contributed by atoms with Crippen molar-refractivity contribution in [1.82, 2.24) is 0 Å². The van der Waals surface area contributed by atoms with Crippen LogP contribution in [0.1, 0.15) is 32.8 Å². The lowest BCUT2D eigenvalue weighted by molar-refractivity contribution is -0.00895. The molecule has 0 aliphatic heterocycles. The van der Waals surface area contributed by atoms with Crippen molar-refractivity contribution in [1.29, 1.82) is 0 Å². The fourth-order valence-electron chi connectivity index (χ4n) is 1.73. The molecule has 0 saturated heterocycles. The molecule has 16 heavy (non-hydrogen) atoms. The van der Waals surface area contributed by atoms with Crippen LogP contribution in [0.2, 0.25) is 5.02 Å². The molecule has 0 aliphatic rings. The summed E-state index contributed by atoms with van der Waals surface area (Å²) in [5.74, 6) is -0.257. The first-order valence-corrected chi connectivity index (χ1v) is 5.93. The van der Waals surface area contributed by atoms with Gasteiger partial charge in [-0.1, -0.05) is 38.4 Å². The van der Waals surface area contributed by atoms with Gasteiger partial charge in [-0.05, 0) is 30.0 Å². The monoisotopic (exact) mass is 244 g/mol. The molecule has 1 unspecified atom stereocenters. The Labute approximate surface area is 101 Å². The zero-order valence-electron chi connectivity index (χ0n) is 9.93. The van der Waals surface area contributed by atoms with Crippen molar-refractivity contribution in [3.05, 3.63) is 34.6 Å². The fourth-order valence-corrected chi connectivity index (χ4v) is 1.89. The van der Waals surface area contributed by atoms with Crippen molar-refractivity contribution in [2.45, 2.75) is 39.2 Å². The molecule has 0 spiro atoms. The van der Waals surface area contributed by atoms with E-state index in [1.54, 1.807) is 12.1 Å². The second-order valence-corrected chi connectivity index (χ2v) is 4.96. The minimum Gasteiger partial charge on any atom is -0.389 e. The Morgan fingerprint density at radius 2 is 2.06 bits per heavy atom. The fraction of sp³-hybridized carbons (Fsp3) is 0.538. The smallest absolute Gasteiger partial charge is 0.127 e. The van der Waals surface area contributed by atoms with E-state index in [-0.39, 0.29) is 11.7 Å². The van der Waals surface area contributed by atoms with Gasteiger partial charge >= 0.3 is 0 Å². The average Bonchev–Trinajstić information content (AvgIpc) is 2.22. The molecule has 1 nitrogen and oxygen atoms in total. The Hall–Kier alpha value is -0.600. The first-order valence-electron chi connectivity index (χ1n) is 5.55. The van der Waals surface area contributed by atoms with Crippen molar-refractivity contribution >= 4 is 11.6 Å². The van der Waals surface area contributed by atoms with Gasteiger partial charge in [0.05, 0.1) is 5.60 Å². The number of rotatable bonds is 4. The highest BCUT2D eigenvalue weighted by atomic mass is 35.5. The van der Waals surface area contributed by atoms with E-state index < -0.39 is 5.60 Å². The minimum atomic E-state index is -0.853. The number of benzene rings is 1. The standard InChI is InChI=1S/C13H18ClFO/c1-4-13(16,9(2)3)8-10-5-6-11(14)7-12(10)15/h5-7,9,16H,4,8H2,1-3H3. The number of aliphatic hydroxyl groups is 1. The molecule has 0 aliphatic carbocycles. The average molecular weight is 245 g/mol. The third-order valence-corrected chi connectivity index (χ3v) is 3.43. The van der Waals surface area contributed by atoms with Crippen molar-refractivity contribution in [3.63, 3.8) is 0 Å². The van der Waals surface area contributed by atoms with Crippen LogP contribution in [0.15, 0.2) is 18.2 Å². The molecule has 0 bridgehead atoms. The zero-order chi connectivity index (χ0) is 12.3. The van der Waals surface area contributed by atoms with Crippen LogP contribution >= 0.6 is 11.6 Å². The molecular weight excluding hydrogens is 227 g/mol. The highest BCUT2D eigenvalue weighted by Crippen LogP contribution is 2.27. The lowest BCUT2D eigenvalue weighted by Crippen LogP contribution is -2.36. The maximum atomic E-state index is 13.6. The molecule has 1 aromatic carbocycles. The van der Waals surface area contributed by atoms with E-state index in [0.29, 0.717) is 23.4 Å². The molecular formula is C13H18ClFO. The van der Waals surface area contributed by atoms with E-state index in [2.05, 4.69) is 0 Å². The van der Waals surface area contributed by atoms with Gasteiger partial charge in [-0.15, -0.1) is 0 Å². The van der Waals surface area contributed by atoms with Gasteiger partial charge in [0.15, 0.2) is 0 Å². The molecule has 0 amide bonds. The van der Waals surface area contributed by atoms with Crippen LogP contribution < -0.4 is 0 Å². The predicted molar refractivity (Wildman–Crippen MR) is 65.2 cm³/mol. The van der Waals surface area contributed by atoms with Crippen LogP contribution in [-0.4, -0.2) is 10.7 Å². The van der Waals surface area contributed by atoms with Crippen LogP contribution in [0.25, 0.3) is 0 Å². The van der Waals surface area contributed by atoms with E-state index in [1.165, 1.54) is 6.07 Å². The highest BCUT2D eigenvalue weighted by Gasteiger charge is 2.30. The summed E-state index contributed by atoms with van der Waals surface area (Å²) in [5.41, 5.74) is -0.336. The summed E-state index contributed by atoms with van der Waals surface area (Å²) >= 11 is 5.68. The van der Waals surface area contributed by atoms with Gasteiger partial charge < -0.3 is 5.11 Å². The molecule has 1 N–H and O–H groups in total. The number of halogens is 2. The topological polar surface area (TPSA) is 20.2 Å². The Kier molecular flexibility index (Phi) is 4.34. The molecule has 0 radical (unpaired) electrons. The van der Waals surface area contributed by atoms with Crippen molar-refractivity contribution < 1.29 is 9.50 Å². The summed E-state index contributed by atoms with van der Waals surface area (Å²) in [6.45, 7) is 5.79. The van der Waals surface area contributed by atoms with Crippen LogP contribution in [0.3, 0.4) is 0 Å². The molecule has 1 rings (SSSR count). The van der Waals surface area contributed by atoms with Gasteiger partial charge in [0, 0.05) is 11.4 Å². The highest BCUT2D eigenvalue weighted by molar-refractivity contribution is 6.30.